The van der Waals surface area contributed by atoms with Crippen LogP contribution in [0.5, 0.6) is 0 Å². The molecule has 0 unspecified atom stereocenters. The molecule has 0 fully saturated rings. The van der Waals surface area contributed by atoms with Gasteiger partial charge in [0.15, 0.2) is 11.6 Å². The lowest BCUT2D eigenvalue weighted by Crippen LogP contribution is -2.37. The Morgan fingerprint density at radius 1 is 1.05 bits per heavy atom. The molecule has 0 saturated carbocycles. The Morgan fingerprint density at radius 2 is 1.80 bits per heavy atom. The van der Waals surface area contributed by atoms with Crippen LogP contribution >= 0.6 is 0 Å². The number of amides is 2. The first-order chi connectivity index (χ1) is 19.3. The van der Waals surface area contributed by atoms with Crippen LogP contribution in [0.2, 0.25) is 0 Å². The highest BCUT2D eigenvalue weighted by molar-refractivity contribution is 6.07. The Kier molecular flexibility index (Phi) is 7.36. The van der Waals surface area contributed by atoms with Crippen LogP contribution in [-0.2, 0) is 17.9 Å². The molecular weight excluding hydrogens is 508 g/mol. The second kappa shape index (κ2) is 11.2. The number of nitrogens with one attached hydrogen (secondary N) is 1. The van der Waals surface area contributed by atoms with Gasteiger partial charge in [0, 0.05) is 43.3 Å². The smallest absolute Gasteiger partial charge is 0.407 e. The first-order valence-corrected chi connectivity index (χ1v) is 12.6. The van der Waals surface area contributed by atoms with E-state index in [4.69, 9.17) is 10.7 Å². The predicted octanol–water partition coefficient (Wildman–Crippen LogP) is 3.84. The number of pyridine rings is 1. The fourth-order valence-electron chi connectivity index (χ4n) is 4.48. The first kappa shape index (κ1) is 26.3. The number of para-hydroxylation sites is 1. The molecule has 11 heteroatoms. The van der Waals surface area contributed by atoms with Crippen molar-refractivity contribution in [3.05, 3.63) is 90.1 Å². The molecule has 0 saturated heterocycles. The van der Waals surface area contributed by atoms with Crippen LogP contribution in [0.25, 0.3) is 33.5 Å². The van der Waals surface area contributed by atoms with Crippen molar-refractivity contribution in [3.8, 4) is 11.5 Å². The van der Waals surface area contributed by atoms with Crippen LogP contribution in [0.15, 0.2) is 79.0 Å². The van der Waals surface area contributed by atoms with E-state index >= 15 is 0 Å². The Bertz CT molecular complexity index is 1720. The fraction of sp³-hybridized carbons (Fsp3) is 0.172. The van der Waals surface area contributed by atoms with E-state index in [2.05, 4.69) is 31.6 Å². The molecule has 202 valence electrons. The van der Waals surface area contributed by atoms with Crippen LogP contribution < -0.4 is 11.1 Å². The number of nitrogen functional groups attached to an aromatic ring is 1. The number of nitrogens with two attached hydrogens (primary N) is 1. The standard InChI is InChI=1S/C29H28N8O3/c1-18(2)28(38)31-14-15-36(29(39)40)16-19-9-11-20(12-10-19)17-37-25-21-6-3-4-7-22(21)33-26(30)24(25)34-27(37)23-8-5-13-32-35-23/h3-13H,1,14-17H2,2H3,(H2,30,33)(H,31,38)(H,39,40). The lowest BCUT2D eigenvalue weighted by atomic mass is 10.1. The minimum atomic E-state index is -1.06. The first-order valence-electron chi connectivity index (χ1n) is 12.6. The van der Waals surface area contributed by atoms with Gasteiger partial charge in [-0.15, -0.1) is 5.10 Å². The van der Waals surface area contributed by atoms with E-state index in [-0.39, 0.29) is 25.5 Å². The highest BCUT2D eigenvalue weighted by Crippen LogP contribution is 2.32. The molecule has 0 aliphatic carbocycles. The second-order valence-corrected chi connectivity index (χ2v) is 9.40. The van der Waals surface area contributed by atoms with Crippen LogP contribution in [0.1, 0.15) is 18.1 Å². The van der Waals surface area contributed by atoms with Gasteiger partial charge in [-0.25, -0.2) is 14.8 Å². The van der Waals surface area contributed by atoms with Gasteiger partial charge in [0.1, 0.15) is 11.2 Å². The van der Waals surface area contributed by atoms with Crippen molar-refractivity contribution in [1.82, 2.24) is 34.9 Å². The molecule has 3 heterocycles. The zero-order chi connectivity index (χ0) is 28.2. The molecule has 0 radical (unpaired) electrons. The Hall–Kier alpha value is -5.32. The number of carboxylic acid groups (broad SMARTS) is 1. The van der Waals surface area contributed by atoms with E-state index in [9.17, 15) is 14.7 Å². The van der Waals surface area contributed by atoms with Crippen LogP contribution in [0.4, 0.5) is 10.6 Å². The summed E-state index contributed by atoms with van der Waals surface area (Å²) in [4.78, 5) is 34.1. The SMILES string of the molecule is C=C(C)C(=O)NCCN(Cc1ccc(Cn2c(-c3cccnn3)nc3c(N)nc4ccccc4c32)cc1)C(=O)O. The van der Waals surface area contributed by atoms with E-state index in [1.165, 1.54) is 4.90 Å². The van der Waals surface area contributed by atoms with Gasteiger partial charge in [-0.1, -0.05) is 49.0 Å². The summed E-state index contributed by atoms with van der Waals surface area (Å²) >= 11 is 0. The summed E-state index contributed by atoms with van der Waals surface area (Å²) in [6.07, 6.45) is 0.542. The molecule has 0 aliphatic heterocycles. The maximum atomic E-state index is 11.8. The van der Waals surface area contributed by atoms with E-state index < -0.39 is 6.09 Å². The van der Waals surface area contributed by atoms with Gasteiger partial charge in [-0.05, 0) is 36.2 Å². The molecule has 5 aromatic rings. The summed E-state index contributed by atoms with van der Waals surface area (Å²) in [7, 11) is 0. The highest BCUT2D eigenvalue weighted by Gasteiger charge is 2.20. The zero-order valence-electron chi connectivity index (χ0n) is 21.9. The van der Waals surface area contributed by atoms with E-state index in [1.807, 2.05) is 54.6 Å². The molecule has 0 spiro atoms. The normalized spacial score (nSPS) is 11.0. The highest BCUT2D eigenvalue weighted by atomic mass is 16.4. The van der Waals surface area contributed by atoms with Gasteiger partial charge in [0.2, 0.25) is 5.91 Å². The van der Waals surface area contributed by atoms with E-state index in [0.29, 0.717) is 35.0 Å². The predicted molar refractivity (Wildman–Crippen MR) is 152 cm³/mol. The maximum absolute atomic E-state index is 11.8. The number of anilines is 1. The van der Waals surface area contributed by atoms with Crippen LogP contribution in [0.3, 0.4) is 0 Å². The molecule has 0 aliphatic rings. The average molecular weight is 537 g/mol. The lowest BCUT2D eigenvalue weighted by Gasteiger charge is -2.20. The van der Waals surface area contributed by atoms with Crippen molar-refractivity contribution >= 4 is 39.8 Å². The lowest BCUT2D eigenvalue weighted by molar-refractivity contribution is -0.117. The van der Waals surface area contributed by atoms with Crippen LogP contribution in [-0.4, -0.2) is 59.8 Å². The number of carbonyl (C=O) groups is 2. The van der Waals surface area contributed by atoms with Crippen molar-refractivity contribution in [3.63, 3.8) is 0 Å². The minimum Gasteiger partial charge on any atom is -0.465 e. The number of imidazole rings is 1. The summed E-state index contributed by atoms with van der Waals surface area (Å²) in [5, 5.41) is 21.5. The van der Waals surface area contributed by atoms with Crippen molar-refractivity contribution in [1.29, 1.82) is 0 Å². The van der Waals surface area contributed by atoms with Gasteiger partial charge in [0.25, 0.3) is 0 Å². The number of aromatic nitrogens is 5. The van der Waals surface area contributed by atoms with Crippen molar-refractivity contribution in [2.75, 3.05) is 18.8 Å². The molecule has 40 heavy (non-hydrogen) atoms. The molecule has 11 nitrogen and oxygen atoms in total. The number of benzene rings is 2. The molecular formula is C29H28N8O3. The third-order valence-electron chi connectivity index (χ3n) is 6.47. The second-order valence-electron chi connectivity index (χ2n) is 9.40. The van der Waals surface area contributed by atoms with Crippen molar-refractivity contribution < 1.29 is 14.7 Å². The maximum Gasteiger partial charge on any atom is 0.407 e. The molecule has 3 aromatic heterocycles. The third-order valence-corrected chi connectivity index (χ3v) is 6.47. The van der Waals surface area contributed by atoms with Gasteiger partial charge in [-0.2, -0.15) is 5.10 Å². The van der Waals surface area contributed by atoms with Crippen molar-refractivity contribution in [2.45, 2.75) is 20.0 Å². The number of hydrogen-bond donors (Lipinski definition) is 3. The Morgan fingerprint density at radius 3 is 2.50 bits per heavy atom. The average Bonchev–Trinajstić information content (AvgIpc) is 3.33. The summed E-state index contributed by atoms with van der Waals surface area (Å²) < 4.78 is 2.06. The summed E-state index contributed by atoms with van der Waals surface area (Å²) in [6.45, 7) is 6.18. The van der Waals surface area contributed by atoms with Gasteiger partial charge < -0.3 is 25.6 Å². The number of fused-ring (bicyclic) bond motifs is 3. The van der Waals surface area contributed by atoms with E-state index in [0.717, 1.165) is 27.5 Å². The van der Waals surface area contributed by atoms with Gasteiger partial charge in [-0.3, -0.25) is 4.79 Å². The summed E-state index contributed by atoms with van der Waals surface area (Å²) in [5.41, 5.74) is 11.3. The summed E-state index contributed by atoms with van der Waals surface area (Å²) in [5.74, 6) is 0.653. The Balaban J connectivity index is 1.44. The topological polar surface area (TPSA) is 152 Å². The molecule has 0 atom stereocenters. The monoisotopic (exact) mass is 536 g/mol. The van der Waals surface area contributed by atoms with Gasteiger partial charge >= 0.3 is 6.09 Å². The molecule has 2 aromatic carbocycles. The molecule has 2 amide bonds. The van der Waals surface area contributed by atoms with Gasteiger partial charge in [0.05, 0.1) is 11.0 Å². The van der Waals surface area contributed by atoms with E-state index in [1.54, 1.807) is 19.2 Å². The largest absolute Gasteiger partial charge is 0.465 e. The minimum absolute atomic E-state index is 0.154. The molecule has 0 bridgehead atoms. The number of carbonyl (C=O) groups excluding carboxylic acids is 1. The fourth-order valence-corrected chi connectivity index (χ4v) is 4.48. The van der Waals surface area contributed by atoms with Crippen molar-refractivity contribution in [2.24, 2.45) is 0 Å². The zero-order valence-corrected chi connectivity index (χ0v) is 21.9. The number of rotatable bonds is 9. The molecule has 4 N–H and O–H groups in total. The molecule has 5 rings (SSSR count). The Labute approximate surface area is 230 Å². The summed E-state index contributed by atoms with van der Waals surface area (Å²) in [6, 6.07) is 19.1. The third kappa shape index (κ3) is 5.44. The van der Waals surface area contributed by atoms with Crippen LogP contribution in [0, 0.1) is 0 Å². The quantitative estimate of drug-likeness (QED) is 0.240. The number of hydrogen-bond acceptors (Lipinski definition) is 7. The number of nitrogens with zero attached hydrogens (tertiary/aromatic N) is 6.